The highest BCUT2D eigenvalue weighted by molar-refractivity contribution is 5.81. The smallest absolute Gasteiger partial charge is 0.326 e. The maximum Gasteiger partial charge on any atom is 0.326 e. The molecule has 1 aliphatic carbocycles. The van der Waals surface area contributed by atoms with Gasteiger partial charge in [0.2, 0.25) is 0 Å². The molecule has 1 aromatic rings. The molecule has 1 aliphatic rings. The average molecular weight is 265 g/mol. The van der Waals surface area contributed by atoms with Crippen molar-refractivity contribution in [3.8, 4) is 0 Å². The molecule has 1 fully saturated rings. The summed E-state index contributed by atoms with van der Waals surface area (Å²) in [6.45, 7) is 5.09. The Hall–Kier alpha value is -1.36. The van der Waals surface area contributed by atoms with Crippen LogP contribution in [0.5, 0.6) is 0 Å². The first-order valence-corrected chi connectivity index (χ1v) is 7.11. The molecule has 2 atom stereocenters. The molecule has 0 aromatic carbocycles. The second-order valence-corrected chi connectivity index (χ2v) is 5.09. The van der Waals surface area contributed by atoms with Crippen LogP contribution in [0.25, 0.3) is 0 Å². The molecule has 0 saturated heterocycles. The number of hydrogen-bond donors (Lipinski definition) is 1. The lowest BCUT2D eigenvalue weighted by Gasteiger charge is -2.39. The molecule has 1 heterocycles. The number of carbonyl (C=O) groups excluding carboxylic acids is 1. The average Bonchev–Trinajstić information content (AvgIpc) is 2.93. The molecule has 106 valence electrons. The minimum absolute atomic E-state index is 0.110. The Kier molecular flexibility index (Phi) is 4.58. The summed E-state index contributed by atoms with van der Waals surface area (Å²) in [6, 6.07) is 0.319. The van der Waals surface area contributed by atoms with Gasteiger partial charge in [-0.25, -0.2) is 4.98 Å². The molecule has 0 bridgehead atoms. The molecular weight excluding hydrogens is 242 g/mol. The number of likely N-dealkylation sites (N-methyl/N-ethyl adjacent to an activating group) is 1. The van der Waals surface area contributed by atoms with Gasteiger partial charge in [-0.1, -0.05) is 6.92 Å². The number of carbonyl (C=O) groups is 1. The van der Waals surface area contributed by atoms with Gasteiger partial charge in [0, 0.05) is 18.4 Å². The Bertz CT molecular complexity index is 401. The lowest BCUT2D eigenvalue weighted by atomic mass is 9.78. The van der Waals surface area contributed by atoms with E-state index in [4.69, 9.17) is 4.74 Å². The zero-order chi connectivity index (χ0) is 13.7. The minimum Gasteiger partial charge on any atom is -0.465 e. The molecule has 19 heavy (non-hydrogen) atoms. The Labute approximate surface area is 114 Å². The molecule has 5 nitrogen and oxygen atoms in total. The summed E-state index contributed by atoms with van der Waals surface area (Å²) in [5.41, 5.74) is -0.530. The topological polar surface area (TPSA) is 56.1 Å². The number of imidazole rings is 1. The minimum atomic E-state index is -0.530. The highest BCUT2D eigenvalue weighted by atomic mass is 16.5. The van der Waals surface area contributed by atoms with Crippen LogP contribution in [-0.2, 0) is 9.53 Å². The molecule has 0 spiro atoms. The van der Waals surface area contributed by atoms with Gasteiger partial charge in [0.05, 0.1) is 12.9 Å². The zero-order valence-electron chi connectivity index (χ0n) is 11.8. The second-order valence-electron chi connectivity index (χ2n) is 5.09. The lowest BCUT2D eigenvalue weighted by molar-refractivity contribution is -0.153. The van der Waals surface area contributed by atoms with Crippen molar-refractivity contribution in [2.24, 2.45) is 0 Å². The van der Waals surface area contributed by atoms with Crippen LogP contribution < -0.4 is 5.32 Å². The number of nitrogens with one attached hydrogen (secondary N) is 1. The third kappa shape index (κ3) is 2.97. The first-order chi connectivity index (χ1) is 9.22. The van der Waals surface area contributed by atoms with Crippen molar-refractivity contribution in [2.75, 3.05) is 13.2 Å². The van der Waals surface area contributed by atoms with Crippen LogP contribution in [-0.4, -0.2) is 34.2 Å². The number of aromatic nitrogens is 2. The monoisotopic (exact) mass is 265 g/mol. The maximum absolute atomic E-state index is 12.3. The Morgan fingerprint density at radius 1 is 1.58 bits per heavy atom. The van der Waals surface area contributed by atoms with E-state index in [9.17, 15) is 4.79 Å². The van der Waals surface area contributed by atoms with E-state index in [-0.39, 0.29) is 5.97 Å². The van der Waals surface area contributed by atoms with Gasteiger partial charge in [0.15, 0.2) is 0 Å². The summed E-state index contributed by atoms with van der Waals surface area (Å²) in [6.07, 6.45) is 9.32. The predicted octanol–water partition coefficient (Wildman–Crippen LogP) is 1.91. The second kappa shape index (κ2) is 6.19. The first kappa shape index (κ1) is 14.1. The number of ether oxygens (including phenoxy) is 1. The summed E-state index contributed by atoms with van der Waals surface area (Å²) in [5.74, 6) is -0.110. The highest BCUT2D eigenvalue weighted by Crippen LogP contribution is 2.36. The lowest BCUT2D eigenvalue weighted by Crippen LogP contribution is -2.55. The van der Waals surface area contributed by atoms with Crippen LogP contribution >= 0.6 is 0 Å². The van der Waals surface area contributed by atoms with E-state index in [0.717, 1.165) is 32.2 Å². The molecule has 0 amide bonds. The molecule has 1 aromatic heterocycles. The molecule has 1 saturated carbocycles. The third-order valence-corrected chi connectivity index (χ3v) is 3.85. The summed E-state index contributed by atoms with van der Waals surface area (Å²) in [5, 5.41) is 3.37. The number of rotatable bonds is 5. The van der Waals surface area contributed by atoms with Gasteiger partial charge in [-0.05, 0) is 39.2 Å². The van der Waals surface area contributed by atoms with Gasteiger partial charge in [0.25, 0.3) is 0 Å². The van der Waals surface area contributed by atoms with Crippen LogP contribution in [0.15, 0.2) is 18.7 Å². The Morgan fingerprint density at radius 3 is 3.05 bits per heavy atom. The molecule has 5 heteroatoms. The molecule has 1 N–H and O–H groups in total. The van der Waals surface area contributed by atoms with Gasteiger partial charge in [-0.2, -0.15) is 0 Å². The van der Waals surface area contributed by atoms with E-state index in [1.807, 2.05) is 26.4 Å². The maximum atomic E-state index is 12.3. The van der Waals surface area contributed by atoms with Crippen LogP contribution in [0.3, 0.4) is 0 Å². The molecular formula is C14H23N3O2. The standard InChI is InChI=1S/C14H23N3O2/c1-3-16-14(13(18)19-4-2)7-5-6-12(10-14)17-9-8-15-11-17/h8-9,11-12,16H,3-7,10H2,1-2H3. The summed E-state index contributed by atoms with van der Waals surface area (Å²) in [7, 11) is 0. The summed E-state index contributed by atoms with van der Waals surface area (Å²) in [4.78, 5) is 16.4. The van der Waals surface area contributed by atoms with Gasteiger partial charge in [-0.3, -0.25) is 4.79 Å². The molecule has 0 radical (unpaired) electrons. The number of hydrogen-bond acceptors (Lipinski definition) is 4. The van der Waals surface area contributed by atoms with Gasteiger partial charge >= 0.3 is 5.97 Å². The van der Waals surface area contributed by atoms with Crippen LogP contribution in [0.1, 0.15) is 45.6 Å². The van der Waals surface area contributed by atoms with Gasteiger partial charge < -0.3 is 14.6 Å². The fourth-order valence-corrected chi connectivity index (χ4v) is 3.01. The molecule has 2 rings (SSSR count). The van der Waals surface area contributed by atoms with Gasteiger partial charge in [-0.15, -0.1) is 0 Å². The Morgan fingerprint density at radius 2 is 2.42 bits per heavy atom. The fourth-order valence-electron chi connectivity index (χ4n) is 3.01. The van der Waals surface area contributed by atoms with Crippen molar-refractivity contribution in [3.63, 3.8) is 0 Å². The number of esters is 1. The van der Waals surface area contributed by atoms with Crippen LogP contribution in [0.2, 0.25) is 0 Å². The van der Waals surface area contributed by atoms with E-state index in [0.29, 0.717) is 12.6 Å². The Balaban J connectivity index is 2.16. The van der Waals surface area contributed by atoms with Crippen LogP contribution in [0.4, 0.5) is 0 Å². The normalized spacial score (nSPS) is 27.2. The van der Waals surface area contributed by atoms with Crippen molar-refractivity contribution in [1.82, 2.24) is 14.9 Å². The SMILES string of the molecule is CCNC1(C(=O)OCC)CCCC(n2ccnc2)C1. The van der Waals surface area contributed by atoms with Crippen molar-refractivity contribution in [2.45, 2.75) is 51.1 Å². The predicted molar refractivity (Wildman–Crippen MR) is 72.8 cm³/mol. The van der Waals surface area contributed by atoms with Crippen molar-refractivity contribution in [3.05, 3.63) is 18.7 Å². The molecule has 2 unspecified atom stereocenters. The van der Waals surface area contributed by atoms with Crippen molar-refractivity contribution >= 4 is 5.97 Å². The van der Waals surface area contributed by atoms with E-state index in [2.05, 4.69) is 14.9 Å². The fraction of sp³-hybridized carbons (Fsp3) is 0.714. The van der Waals surface area contributed by atoms with Crippen molar-refractivity contribution < 1.29 is 9.53 Å². The largest absolute Gasteiger partial charge is 0.465 e. The van der Waals surface area contributed by atoms with E-state index in [1.54, 1.807) is 6.20 Å². The van der Waals surface area contributed by atoms with E-state index in [1.165, 1.54) is 0 Å². The van der Waals surface area contributed by atoms with Crippen LogP contribution in [0, 0.1) is 0 Å². The highest BCUT2D eigenvalue weighted by Gasteiger charge is 2.43. The third-order valence-electron chi connectivity index (χ3n) is 3.85. The number of nitrogens with zero attached hydrogens (tertiary/aromatic N) is 2. The molecule has 0 aliphatic heterocycles. The van der Waals surface area contributed by atoms with E-state index >= 15 is 0 Å². The first-order valence-electron chi connectivity index (χ1n) is 7.11. The quantitative estimate of drug-likeness (QED) is 0.826. The summed E-state index contributed by atoms with van der Waals surface area (Å²) >= 11 is 0. The zero-order valence-corrected chi connectivity index (χ0v) is 11.8. The van der Waals surface area contributed by atoms with Gasteiger partial charge in [0.1, 0.15) is 5.54 Å². The van der Waals surface area contributed by atoms with Crippen molar-refractivity contribution in [1.29, 1.82) is 0 Å². The summed E-state index contributed by atoms with van der Waals surface area (Å²) < 4.78 is 7.38. The van der Waals surface area contributed by atoms with E-state index < -0.39 is 5.54 Å².